The maximum atomic E-state index is 11.0. The van der Waals surface area contributed by atoms with Gasteiger partial charge in [-0.15, -0.1) is 0 Å². The summed E-state index contributed by atoms with van der Waals surface area (Å²) in [6.45, 7) is 0.355. The number of rotatable bonds is 10. The Morgan fingerprint density at radius 2 is 1.67 bits per heavy atom. The van der Waals surface area contributed by atoms with E-state index >= 15 is 0 Å². The first-order valence-corrected chi connectivity index (χ1v) is 6.54. The lowest BCUT2D eigenvalue weighted by atomic mass is 10.2. The van der Waals surface area contributed by atoms with E-state index in [0.717, 1.165) is 19.3 Å². The molecule has 6 nitrogen and oxygen atoms in total. The quantitative estimate of drug-likeness (QED) is 0.383. The minimum Gasteiger partial charge on any atom is -0.394 e. The lowest BCUT2D eigenvalue weighted by molar-refractivity contribution is 0.122. The van der Waals surface area contributed by atoms with Gasteiger partial charge in [0.15, 0.2) is 0 Å². The van der Waals surface area contributed by atoms with Gasteiger partial charge in [-0.2, -0.15) is 0 Å². The van der Waals surface area contributed by atoms with Gasteiger partial charge in [0.05, 0.1) is 19.8 Å². The van der Waals surface area contributed by atoms with Crippen LogP contribution in [-0.2, 0) is 13.6 Å². The molecular formula is C8H20NO5P. The Labute approximate surface area is 90.0 Å². The number of aliphatic hydroxyl groups excluding tert-OH is 1. The van der Waals surface area contributed by atoms with E-state index in [4.69, 9.17) is 15.7 Å². The maximum absolute atomic E-state index is 11.0. The molecule has 0 aromatic rings. The highest BCUT2D eigenvalue weighted by Gasteiger charge is 2.19. The Morgan fingerprint density at radius 1 is 1.07 bits per heavy atom. The molecular weight excluding hydrogens is 221 g/mol. The van der Waals surface area contributed by atoms with Crippen molar-refractivity contribution in [2.75, 3.05) is 26.4 Å². The molecule has 0 saturated carbocycles. The normalized spacial score (nSPS) is 15.1. The number of aliphatic hydroxyl groups is 1. The van der Waals surface area contributed by atoms with Gasteiger partial charge >= 0.3 is 7.82 Å². The molecule has 0 bridgehead atoms. The van der Waals surface area contributed by atoms with Crippen molar-refractivity contribution in [2.45, 2.75) is 25.7 Å². The molecule has 0 heterocycles. The third-order valence-corrected chi connectivity index (χ3v) is 2.72. The van der Waals surface area contributed by atoms with Crippen LogP contribution in [-0.4, -0.2) is 36.4 Å². The third kappa shape index (κ3) is 10.3. The lowest BCUT2D eigenvalue weighted by Crippen LogP contribution is -2.02. The van der Waals surface area contributed by atoms with Crippen molar-refractivity contribution in [3.63, 3.8) is 0 Å². The number of hydrogen-bond donors (Lipinski definition) is 3. The predicted molar refractivity (Wildman–Crippen MR) is 56.3 cm³/mol. The fourth-order valence-corrected chi connectivity index (χ4v) is 1.72. The third-order valence-electron chi connectivity index (χ3n) is 1.70. The van der Waals surface area contributed by atoms with Crippen molar-refractivity contribution in [3.8, 4) is 0 Å². The molecule has 1 unspecified atom stereocenters. The van der Waals surface area contributed by atoms with Gasteiger partial charge in [0.1, 0.15) is 0 Å². The largest absolute Gasteiger partial charge is 0.472 e. The van der Waals surface area contributed by atoms with Crippen molar-refractivity contribution >= 4 is 7.82 Å². The average molecular weight is 241 g/mol. The predicted octanol–water partition coefficient (Wildman–Crippen LogP) is 0.631. The van der Waals surface area contributed by atoms with E-state index in [0.29, 0.717) is 13.0 Å². The summed E-state index contributed by atoms with van der Waals surface area (Å²) in [4.78, 5) is 9.03. The number of hydrogen-bond acceptors (Lipinski definition) is 5. The van der Waals surface area contributed by atoms with Crippen molar-refractivity contribution in [1.29, 1.82) is 0 Å². The van der Waals surface area contributed by atoms with Crippen LogP contribution >= 0.6 is 7.82 Å². The van der Waals surface area contributed by atoms with Crippen LogP contribution in [0.2, 0.25) is 0 Å². The van der Waals surface area contributed by atoms with Gasteiger partial charge in [-0.1, -0.05) is 12.8 Å². The molecule has 0 aliphatic carbocycles. The van der Waals surface area contributed by atoms with Gasteiger partial charge in [0.25, 0.3) is 0 Å². The second kappa shape index (κ2) is 9.27. The SMILES string of the molecule is NCCCCCCOP(=O)(O)OCCO. The number of unbranched alkanes of at least 4 members (excludes halogenated alkanes) is 3. The molecule has 0 aliphatic rings. The number of nitrogens with two attached hydrogens (primary N) is 1. The van der Waals surface area contributed by atoms with Crippen LogP contribution in [0.15, 0.2) is 0 Å². The van der Waals surface area contributed by atoms with Crippen molar-refractivity contribution < 1.29 is 23.6 Å². The van der Waals surface area contributed by atoms with Gasteiger partial charge in [0.2, 0.25) is 0 Å². The fraction of sp³-hybridized carbons (Fsp3) is 1.00. The Bertz CT molecular complexity index is 190. The molecule has 92 valence electrons. The summed E-state index contributed by atoms with van der Waals surface area (Å²) in [5.41, 5.74) is 5.31. The first-order chi connectivity index (χ1) is 7.12. The molecule has 0 saturated heterocycles. The fourth-order valence-electron chi connectivity index (χ4n) is 0.973. The molecule has 0 fully saturated rings. The van der Waals surface area contributed by atoms with Gasteiger partial charge in [0, 0.05) is 0 Å². The highest BCUT2D eigenvalue weighted by molar-refractivity contribution is 7.47. The summed E-state index contributed by atoms with van der Waals surface area (Å²) in [6, 6.07) is 0. The number of phosphoric acid groups is 1. The van der Waals surface area contributed by atoms with Gasteiger partial charge in [-0.3, -0.25) is 9.05 Å². The molecule has 0 spiro atoms. The van der Waals surface area contributed by atoms with Crippen molar-refractivity contribution in [1.82, 2.24) is 0 Å². The van der Waals surface area contributed by atoms with Crippen LogP contribution in [0, 0.1) is 0 Å². The van der Waals surface area contributed by atoms with Crippen LogP contribution < -0.4 is 5.73 Å². The van der Waals surface area contributed by atoms with E-state index in [1.54, 1.807) is 0 Å². The van der Waals surface area contributed by atoms with Crippen molar-refractivity contribution in [3.05, 3.63) is 0 Å². The van der Waals surface area contributed by atoms with E-state index in [1.165, 1.54) is 0 Å². The zero-order valence-corrected chi connectivity index (χ0v) is 9.70. The minimum absolute atomic E-state index is 0.184. The van der Waals surface area contributed by atoms with E-state index in [-0.39, 0.29) is 19.8 Å². The monoisotopic (exact) mass is 241 g/mol. The minimum atomic E-state index is -3.95. The van der Waals surface area contributed by atoms with Gasteiger partial charge in [-0.25, -0.2) is 4.57 Å². The highest BCUT2D eigenvalue weighted by Crippen LogP contribution is 2.42. The van der Waals surface area contributed by atoms with Crippen LogP contribution in [0.4, 0.5) is 0 Å². The van der Waals surface area contributed by atoms with E-state index < -0.39 is 7.82 Å². The number of phosphoric ester groups is 1. The molecule has 0 aromatic heterocycles. The first-order valence-electron chi connectivity index (χ1n) is 5.05. The Morgan fingerprint density at radius 3 is 2.27 bits per heavy atom. The molecule has 0 aliphatic heterocycles. The zero-order valence-electron chi connectivity index (χ0n) is 8.80. The molecule has 1 atom stereocenters. The summed E-state index contributed by atoms with van der Waals surface area (Å²) >= 11 is 0. The second-order valence-corrected chi connectivity index (χ2v) is 4.52. The summed E-state index contributed by atoms with van der Waals surface area (Å²) in [6.07, 6.45) is 3.56. The van der Waals surface area contributed by atoms with Crippen LogP contribution in [0.25, 0.3) is 0 Å². The Balaban J connectivity index is 3.36. The Hall–Kier alpha value is 0.0300. The second-order valence-electron chi connectivity index (χ2n) is 3.06. The van der Waals surface area contributed by atoms with Crippen LogP contribution in [0.5, 0.6) is 0 Å². The molecule has 0 rings (SSSR count). The molecule has 4 N–H and O–H groups in total. The summed E-state index contributed by atoms with van der Waals surface area (Å²) in [5.74, 6) is 0. The van der Waals surface area contributed by atoms with E-state index in [1.807, 2.05) is 0 Å². The maximum Gasteiger partial charge on any atom is 0.472 e. The van der Waals surface area contributed by atoms with Crippen LogP contribution in [0.3, 0.4) is 0 Å². The smallest absolute Gasteiger partial charge is 0.394 e. The highest BCUT2D eigenvalue weighted by atomic mass is 31.2. The average Bonchev–Trinajstić information content (AvgIpc) is 2.20. The first kappa shape index (κ1) is 15.0. The van der Waals surface area contributed by atoms with Gasteiger partial charge in [-0.05, 0) is 19.4 Å². The summed E-state index contributed by atoms with van der Waals surface area (Å²) in [7, 11) is -3.95. The molecule has 7 heteroatoms. The molecule has 0 aromatic carbocycles. The van der Waals surface area contributed by atoms with Crippen molar-refractivity contribution in [2.24, 2.45) is 5.73 Å². The zero-order chi connectivity index (χ0) is 11.6. The standard InChI is InChI=1S/C8H20NO5P/c9-5-3-1-2-4-7-13-15(11,12)14-8-6-10/h10H,1-9H2,(H,11,12). The van der Waals surface area contributed by atoms with Crippen LogP contribution in [0.1, 0.15) is 25.7 Å². The molecule has 0 radical (unpaired) electrons. The summed E-state index contributed by atoms with van der Waals surface area (Å²) in [5, 5.41) is 8.37. The van der Waals surface area contributed by atoms with E-state index in [2.05, 4.69) is 9.05 Å². The lowest BCUT2D eigenvalue weighted by Gasteiger charge is -2.10. The van der Waals surface area contributed by atoms with Gasteiger partial charge < -0.3 is 15.7 Å². The summed E-state index contributed by atoms with van der Waals surface area (Å²) < 4.78 is 20.1. The molecule has 0 amide bonds. The topological polar surface area (TPSA) is 102 Å². The van der Waals surface area contributed by atoms with E-state index in [9.17, 15) is 4.57 Å². The Kier molecular flexibility index (Phi) is 9.29. The molecule has 15 heavy (non-hydrogen) atoms.